The van der Waals surface area contributed by atoms with Gasteiger partial charge < -0.3 is 4.90 Å². The van der Waals surface area contributed by atoms with E-state index in [0.29, 0.717) is 6.04 Å². The largest absolute Gasteiger partial charge is 0.334 e. The van der Waals surface area contributed by atoms with E-state index in [2.05, 4.69) is 28.9 Å². The Kier molecular flexibility index (Phi) is 4.62. The van der Waals surface area contributed by atoms with Crippen LogP contribution >= 0.6 is 27.3 Å². The van der Waals surface area contributed by atoms with Crippen LogP contribution in [0.1, 0.15) is 40.7 Å². The molecular weight excluding hydrogens is 298 g/mol. The van der Waals surface area contributed by atoms with Crippen molar-refractivity contribution in [1.29, 1.82) is 0 Å². The van der Waals surface area contributed by atoms with Crippen LogP contribution in [0.4, 0.5) is 0 Å². The van der Waals surface area contributed by atoms with E-state index in [1.165, 1.54) is 24.1 Å². The van der Waals surface area contributed by atoms with Gasteiger partial charge in [-0.15, -0.1) is 11.3 Å². The number of rotatable bonds is 5. The lowest BCUT2D eigenvalue weighted by Gasteiger charge is -2.37. The number of hydrogen-bond donors (Lipinski definition) is 0. The summed E-state index contributed by atoms with van der Waals surface area (Å²) in [7, 11) is 0. The molecule has 1 fully saturated rings. The van der Waals surface area contributed by atoms with Crippen molar-refractivity contribution in [3.05, 3.63) is 21.9 Å². The number of hydrogen-bond acceptors (Lipinski definition) is 2. The molecule has 0 N–H and O–H groups in total. The van der Waals surface area contributed by atoms with Gasteiger partial charge in [0.2, 0.25) is 0 Å². The number of amides is 1. The average Bonchev–Trinajstić information content (AvgIpc) is 2.73. The molecule has 1 saturated carbocycles. The lowest BCUT2D eigenvalue weighted by atomic mass is 9.91. The number of thiophene rings is 1. The van der Waals surface area contributed by atoms with Crippen molar-refractivity contribution in [1.82, 2.24) is 4.90 Å². The van der Waals surface area contributed by atoms with Crippen molar-refractivity contribution >= 4 is 33.2 Å². The second-order valence-corrected chi connectivity index (χ2v) is 6.35. The zero-order valence-electron chi connectivity index (χ0n) is 10.1. The summed E-state index contributed by atoms with van der Waals surface area (Å²) in [6, 6.07) is 4.53. The Hall–Kier alpha value is -0.350. The first-order valence-electron chi connectivity index (χ1n) is 6.22. The Bertz CT molecular complexity index is 387. The van der Waals surface area contributed by atoms with Crippen molar-refractivity contribution in [2.75, 3.05) is 11.9 Å². The summed E-state index contributed by atoms with van der Waals surface area (Å²) in [6.07, 6.45) is 4.62. The topological polar surface area (TPSA) is 20.3 Å². The summed E-state index contributed by atoms with van der Waals surface area (Å²) < 4.78 is 0. The van der Waals surface area contributed by atoms with Crippen molar-refractivity contribution in [2.45, 2.75) is 38.6 Å². The van der Waals surface area contributed by atoms with Crippen molar-refractivity contribution in [2.24, 2.45) is 0 Å². The number of aryl methyl sites for hydroxylation is 1. The summed E-state index contributed by atoms with van der Waals surface area (Å²) in [5.74, 6) is 0.221. The molecule has 0 bridgehead atoms. The molecule has 1 aromatic rings. The van der Waals surface area contributed by atoms with Crippen molar-refractivity contribution in [3.8, 4) is 0 Å². The molecule has 2 rings (SSSR count). The van der Waals surface area contributed by atoms with Crippen LogP contribution in [0.25, 0.3) is 0 Å². The van der Waals surface area contributed by atoms with E-state index in [1.807, 2.05) is 11.0 Å². The lowest BCUT2D eigenvalue weighted by Crippen LogP contribution is -2.44. The Balaban J connectivity index is 2.09. The van der Waals surface area contributed by atoms with E-state index in [9.17, 15) is 4.79 Å². The second-order valence-electron chi connectivity index (χ2n) is 4.39. The van der Waals surface area contributed by atoms with Gasteiger partial charge in [-0.05, 0) is 37.8 Å². The molecule has 1 amide bonds. The van der Waals surface area contributed by atoms with E-state index < -0.39 is 0 Å². The predicted octanol–water partition coefficient (Wildman–Crippen LogP) is 3.70. The molecule has 0 aliphatic heterocycles. The molecule has 0 unspecified atom stereocenters. The molecule has 2 nitrogen and oxygen atoms in total. The molecule has 0 saturated heterocycles. The van der Waals surface area contributed by atoms with Crippen LogP contribution in [0.2, 0.25) is 0 Å². The smallest absolute Gasteiger partial charge is 0.264 e. The summed E-state index contributed by atoms with van der Waals surface area (Å²) in [5.41, 5.74) is 0. The highest BCUT2D eigenvalue weighted by molar-refractivity contribution is 9.09. The highest BCUT2D eigenvalue weighted by atomic mass is 79.9. The first kappa shape index (κ1) is 13.1. The lowest BCUT2D eigenvalue weighted by molar-refractivity contribution is 0.0604. The van der Waals surface area contributed by atoms with Crippen molar-refractivity contribution < 1.29 is 4.79 Å². The first-order valence-corrected chi connectivity index (χ1v) is 8.15. The quantitative estimate of drug-likeness (QED) is 0.759. The number of halogens is 1. The van der Waals surface area contributed by atoms with Gasteiger partial charge in [0.05, 0.1) is 4.88 Å². The van der Waals surface area contributed by atoms with Gasteiger partial charge in [-0.1, -0.05) is 22.9 Å². The molecule has 1 aliphatic carbocycles. The van der Waals surface area contributed by atoms with Gasteiger partial charge in [0.1, 0.15) is 0 Å². The van der Waals surface area contributed by atoms with Gasteiger partial charge >= 0.3 is 0 Å². The Morgan fingerprint density at radius 3 is 2.76 bits per heavy atom. The summed E-state index contributed by atoms with van der Waals surface area (Å²) >= 11 is 5.08. The second kappa shape index (κ2) is 6.01. The Morgan fingerprint density at radius 1 is 1.53 bits per heavy atom. The first-order chi connectivity index (χ1) is 8.26. The molecule has 94 valence electrons. The molecule has 17 heavy (non-hydrogen) atoms. The van der Waals surface area contributed by atoms with Crippen molar-refractivity contribution in [3.63, 3.8) is 0 Å². The number of carbonyl (C=O) groups is 1. The minimum absolute atomic E-state index is 0.221. The number of carbonyl (C=O) groups excluding carboxylic acids is 1. The molecule has 1 aliphatic rings. The van der Waals surface area contributed by atoms with Gasteiger partial charge in [-0.3, -0.25) is 4.79 Å². The molecule has 1 aromatic heterocycles. The highest BCUT2D eigenvalue weighted by Gasteiger charge is 2.29. The maximum Gasteiger partial charge on any atom is 0.264 e. The molecule has 0 atom stereocenters. The van der Waals surface area contributed by atoms with Crippen LogP contribution in [0, 0.1) is 0 Å². The number of alkyl halides is 1. The fourth-order valence-electron chi connectivity index (χ4n) is 2.06. The van der Waals surface area contributed by atoms with Crippen LogP contribution in [0.3, 0.4) is 0 Å². The van der Waals surface area contributed by atoms with Gasteiger partial charge in [0, 0.05) is 22.8 Å². The van der Waals surface area contributed by atoms with E-state index in [1.54, 1.807) is 11.3 Å². The van der Waals surface area contributed by atoms with E-state index in [-0.39, 0.29) is 5.91 Å². The normalized spacial score (nSPS) is 15.6. The van der Waals surface area contributed by atoms with Gasteiger partial charge in [0.25, 0.3) is 5.91 Å². The summed E-state index contributed by atoms with van der Waals surface area (Å²) in [6.45, 7) is 2.95. The Labute approximate surface area is 115 Å². The maximum absolute atomic E-state index is 12.4. The fourth-order valence-corrected chi connectivity index (χ4v) is 3.35. The van der Waals surface area contributed by atoms with Crippen LogP contribution < -0.4 is 0 Å². The predicted molar refractivity (Wildman–Crippen MR) is 76.2 cm³/mol. The third kappa shape index (κ3) is 2.91. The average molecular weight is 316 g/mol. The standard InChI is InChI=1S/C13H18BrNOS/c1-2-11-6-7-12(17-11)13(16)15(9-8-14)10-4-3-5-10/h6-7,10H,2-5,8-9H2,1H3. The van der Waals surface area contributed by atoms with Crippen LogP contribution in [-0.4, -0.2) is 28.7 Å². The highest BCUT2D eigenvalue weighted by Crippen LogP contribution is 2.28. The molecule has 1 heterocycles. The molecule has 0 aromatic carbocycles. The van der Waals surface area contributed by atoms with Crippen LogP contribution in [0.5, 0.6) is 0 Å². The Morgan fingerprint density at radius 2 is 2.29 bits per heavy atom. The minimum atomic E-state index is 0.221. The summed E-state index contributed by atoms with van der Waals surface area (Å²) in [4.78, 5) is 16.6. The summed E-state index contributed by atoms with van der Waals surface area (Å²) in [5, 5.41) is 0.862. The van der Waals surface area contributed by atoms with Gasteiger partial charge in [0.15, 0.2) is 0 Å². The molecular formula is C13H18BrNOS. The van der Waals surface area contributed by atoms with Gasteiger partial charge in [-0.2, -0.15) is 0 Å². The zero-order valence-corrected chi connectivity index (χ0v) is 12.5. The molecule has 0 spiro atoms. The minimum Gasteiger partial charge on any atom is -0.334 e. The third-order valence-electron chi connectivity index (χ3n) is 3.32. The SMILES string of the molecule is CCc1ccc(C(=O)N(CCBr)C2CCC2)s1. The van der Waals surface area contributed by atoms with Gasteiger partial charge in [-0.25, -0.2) is 0 Å². The van der Waals surface area contributed by atoms with E-state index in [0.717, 1.165) is 23.2 Å². The number of nitrogens with zero attached hydrogens (tertiary/aromatic N) is 1. The third-order valence-corrected chi connectivity index (χ3v) is 4.89. The monoisotopic (exact) mass is 315 g/mol. The fraction of sp³-hybridized carbons (Fsp3) is 0.615. The van der Waals surface area contributed by atoms with Crippen LogP contribution in [0.15, 0.2) is 12.1 Å². The molecule has 0 radical (unpaired) electrons. The maximum atomic E-state index is 12.4. The molecule has 4 heteroatoms. The zero-order chi connectivity index (χ0) is 12.3. The van der Waals surface area contributed by atoms with Crippen LogP contribution in [-0.2, 0) is 6.42 Å². The van der Waals surface area contributed by atoms with E-state index >= 15 is 0 Å². The van der Waals surface area contributed by atoms with E-state index in [4.69, 9.17) is 0 Å².